The van der Waals surface area contributed by atoms with Crippen molar-refractivity contribution in [3.8, 4) is 0 Å². The van der Waals surface area contributed by atoms with Crippen molar-refractivity contribution in [1.82, 2.24) is 5.32 Å². The fourth-order valence-electron chi connectivity index (χ4n) is 1.67. The SMILES string of the molecule is Cc1cccc(C[C@H](NCCC(=O)O)C(=O)O)c1. The lowest BCUT2D eigenvalue weighted by atomic mass is 10.0. The molecule has 0 saturated carbocycles. The Morgan fingerprint density at radius 2 is 2.06 bits per heavy atom. The third kappa shape index (κ3) is 4.97. The second-order valence-corrected chi connectivity index (χ2v) is 4.18. The quantitative estimate of drug-likeness (QED) is 0.674. The monoisotopic (exact) mass is 251 g/mol. The minimum atomic E-state index is -0.970. The van der Waals surface area contributed by atoms with E-state index in [2.05, 4.69) is 5.32 Å². The number of carboxylic acid groups (broad SMARTS) is 2. The van der Waals surface area contributed by atoms with E-state index in [1.54, 1.807) is 0 Å². The van der Waals surface area contributed by atoms with Gasteiger partial charge in [0.25, 0.3) is 0 Å². The number of hydrogen-bond acceptors (Lipinski definition) is 3. The van der Waals surface area contributed by atoms with Crippen LogP contribution in [-0.4, -0.2) is 34.7 Å². The average molecular weight is 251 g/mol. The number of carboxylic acids is 2. The maximum Gasteiger partial charge on any atom is 0.321 e. The van der Waals surface area contributed by atoms with Crippen molar-refractivity contribution in [3.05, 3.63) is 35.4 Å². The summed E-state index contributed by atoms with van der Waals surface area (Å²) in [6.07, 6.45) is 0.258. The number of hydrogen-bond donors (Lipinski definition) is 3. The molecule has 0 aliphatic rings. The van der Waals surface area contributed by atoms with Gasteiger partial charge in [-0.1, -0.05) is 29.8 Å². The topological polar surface area (TPSA) is 86.6 Å². The lowest BCUT2D eigenvalue weighted by Gasteiger charge is -2.14. The van der Waals surface area contributed by atoms with Gasteiger partial charge in [0.15, 0.2) is 0 Å². The summed E-state index contributed by atoms with van der Waals surface area (Å²) in [7, 11) is 0. The number of benzene rings is 1. The predicted octanol–water partition coefficient (Wildman–Crippen LogP) is 1.06. The summed E-state index contributed by atoms with van der Waals surface area (Å²) in [4.78, 5) is 21.4. The van der Waals surface area contributed by atoms with Crippen LogP contribution in [0.4, 0.5) is 0 Å². The Bertz CT molecular complexity index is 431. The van der Waals surface area contributed by atoms with Crippen molar-refractivity contribution >= 4 is 11.9 Å². The molecule has 98 valence electrons. The average Bonchev–Trinajstić information content (AvgIpc) is 2.27. The summed E-state index contributed by atoms with van der Waals surface area (Å²) in [6.45, 7) is 2.09. The van der Waals surface area contributed by atoms with E-state index in [9.17, 15) is 9.59 Å². The van der Waals surface area contributed by atoms with E-state index >= 15 is 0 Å². The van der Waals surface area contributed by atoms with Crippen LogP contribution in [0, 0.1) is 6.92 Å². The Morgan fingerprint density at radius 1 is 1.33 bits per heavy atom. The van der Waals surface area contributed by atoms with Crippen molar-refractivity contribution in [2.75, 3.05) is 6.54 Å². The molecular weight excluding hydrogens is 234 g/mol. The Morgan fingerprint density at radius 3 is 2.61 bits per heavy atom. The van der Waals surface area contributed by atoms with Crippen molar-refractivity contribution in [2.45, 2.75) is 25.8 Å². The minimum Gasteiger partial charge on any atom is -0.481 e. The number of nitrogens with one attached hydrogen (secondary N) is 1. The molecule has 3 N–H and O–H groups in total. The van der Waals surface area contributed by atoms with Crippen LogP contribution in [0.1, 0.15) is 17.5 Å². The van der Waals surface area contributed by atoms with Gasteiger partial charge < -0.3 is 15.5 Å². The Hall–Kier alpha value is -1.88. The number of carbonyl (C=O) groups is 2. The van der Waals surface area contributed by atoms with E-state index in [0.717, 1.165) is 11.1 Å². The minimum absolute atomic E-state index is 0.0857. The fourth-order valence-corrected chi connectivity index (χ4v) is 1.67. The van der Waals surface area contributed by atoms with Crippen molar-refractivity contribution in [1.29, 1.82) is 0 Å². The van der Waals surface area contributed by atoms with Crippen LogP contribution in [0.2, 0.25) is 0 Å². The van der Waals surface area contributed by atoms with Gasteiger partial charge in [-0.05, 0) is 18.9 Å². The highest BCUT2D eigenvalue weighted by molar-refractivity contribution is 5.74. The van der Waals surface area contributed by atoms with Crippen LogP contribution in [0.3, 0.4) is 0 Å². The lowest BCUT2D eigenvalue weighted by molar-refractivity contribution is -0.140. The molecule has 0 aromatic heterocycles. The van der Waals surface area contributed by atoms with Gasteiger partial charge in [-0.3, -0.25) is 9.59 Å². The zero-order valence-corrected chi connectivity index (χ0v) is 10.2. The van der Waals surface area contributed by atoms with Gasteiger partial charge in [0.2, 0.25) is 0 Å². The lowest BCUT2D eigenvalue weighted by Crippen LogP contribution is -2.39. The van der Waals surface area contributed by atoms with Crippen molar-refractivity contribution in [2.24, 2.45) is 0 Å². The smallest absolute Gasteiger partial charge is 0.321 e. The highest BCUT2D eigenvalue weighted by Crippen LogP contribution is 2.07. The highest BCUT2D eigenvalue weighted by Gasteiger charge is 2.17. The molecular formula is C13H17NO4. The summed E-state index contributed by atoms with van der Waals surface area (Å²) >= 11 is 0. The fraction of sp³-hybridized carbons (Fsp3) is 0.385. The van der Waals surface area contributed by atoms with E-state index in [0.29, 0.717) is 6.42 Å². The maximum atomic E-state index is 11.1. The standard InChI is InChI=1S/C13H17NO4/c1-9-3-2-4-10(7-9)8-11(13(17)18)14-6-5-12(15)16/h2-4,7,11,14H,5-6,8H2,1H3,(H,15,16)(H,17,18)/t11-/m0/s1. The Kier molecular flexibility index (Phi) is 5.32. The highest BCUT2D eigenvalue weighted by atomic mass is 16.4. The van der Waals surface area contributed by atoms with Gasteiger partial charge in [0.1, 0.15) is 6.04 Å². The molecule has 0 bridgehead atoms. The maximum absolute atomic E-state index is 11.1. The summed E-state index contributed by atoms with van der Waals surface area (Å²) < 4.78 is 0. The zero-order chi connectivity index (χ0) is 13.5. The van der Waals surface area contributed by atoms with Crippen molar-refractivity contribution in [3.63, 3.8) is 0 Å². The normalized spacial score (nSPS) is 12.1. The van der Waals surface area contributed by atoms with E-state index in [1.165, 1.54) is 0 Å². The largest absolute Gasteiger partial charge is 0.481 e. The molecule has 1 atom stereocenters. The number of aliphatic carboxylic acids is 2. The third-order valence-corrected chi connectivity index (χ3v) is 2.55. The number of rotatable bonds is 7. The van der Waals surface area contributed by atoms with Gasteiger partial charge in [0, 0.05) is 6.54 Å². The summed E-state index contributed by atoms with van der Waals surface area (Å²) in [5.41, 5.74) is 1.99. The van der Waals surface area contributed by atoms with E-state index in [-0.39, 0.29) is 13.0 Å². The second kappa shape index (κ2) is 6.76. The first-order valence-electron chi connectivity index (χ1n) is 5.72. The zero-order valence-electron chi connectivity index (χ0n) is 10.2. The van der Waals surface area contributed by atoms with E-state index < -0.39 is 18.0 Å². The van der Waals surface area contributed by atoms with E-state index in [4.69, 9.17) is 10.2 Å². The molecule has 18 heavy (non-hydrogen) atoms. The molecule has 0 fully saturated rings. The molecule has 0 spiro atoms. The van der Waals surface area contributed by atoms with Crippen LogP contribution < -0.4 is 5.32 Å². The Balaban J connectivity index is 2.57. The Labute approximate surface area is 105 Å². The molecule has 1 rings (SSSR count). The molecule has 0 unspecified atom stereocenters. The van der Waals surface area contributed by atoms with Gasteiger partial charge in [-0.2, -0.15) is 0 Å². The predicted molar refractivity (Wildman–Crippen MR) is 66.6 cm³/mol. The summed E-state index contributed by atoms with van der Waals surface area (Å²) in [5, 5.41) is 20.3. The molecule has 0 radical (unpaired) electrons. The first-order valence-corrected chi connectivity index (χ1v) is 5.72. The number of aryl methyl sites for hydroxylation is 1. The first-order chi connectivity index (χ1) is 8.49. The van der Waals surface area contributed by atoms with Gasteiger partial charge in [0.05, 0.1) is 6.42 Å². The molecule has 5 nitrogen and oxygen atoms in total. The van der Waals surface area contributed by atoms with Crippen LogP contribution >= 0.6 is 0 Å². The van der Waals surface area contributed by atoms with E-state index in [1.807, 2.05) is 31.2 Å². The summed E-state index contributed by atoms with van der Waals surface area (Å²) in [6, 6.07) is 6.85. The summed E-state index contributed by atoms with van der Waals surface area (Å²) in [5.74, 6) is -1.91. The molecule has 0 saturated heterocycles. The molecule has 5 heteroatoms. The first kappa shape index (κ1) is 14.2. The second-order valence-electron chi connectivity index (χ2n) is 4.18. The molecule has 1 aromatic carbocycles. The van der Waals surface area contributed by atoms with Crippen LogP contribution in [0.5, 0.6) is 0 Å². The molecule has 0 heterocycles. The molecule has 1 aromatic rings. The third-order valence-electron chi connectivity index (χ3n) is 2.55. The van der Waals surface area contributed by atoms with Gasteiger partial charge in [-0.15, -0.1) is 0 Å². The van der Waals surface area contributed by atoms with Crippen molar-refractivity contribution < 1.29 is 19.8 Å². The molecule has 0 aliphatic heterocycles. The molecule has 0 amide bonds. The van der Waals surface area contributed by atoms with Gasteiger partial charge >= 0.3 is 11.9 Å². The van der Waals surface area contributed by atoms with Crippen LogP contribution in [0.25, 0.3) is 0 Å². The van der Waals surface area contributed by atoms with Gasteiger partial charge in [-0.25, -0.2) is 0 Å². The van der Waals surface area contributed by atoms with Crippen LogP contribution in [0.15, 0.2) is 24.3 Å². The van der Waals surface area contributed by atoms with Crippen LogP contribution in [-0.2, 0) is 16.0 Å². The molecule has 0 aliphatic carbocycles.